The van der Waals surface area contributed by atoms with Crippen molar-refractivity contribution in [2.45, 2.75) is 26.3 Å². The Bertz CT molecular complexity index is 554. The quantitative estimate of drug-likeness (QED) is 0.924. The Labute approximate surface area is 111 Å². The van der Waals surface area contributed by atoms with Crippen molar-refractivity contribution in [3.05, 3.63) is 40.8 Å². The maximum Gasteiger partial charge on any atom is 0.179 e. The summed E-state index contributed by atoms with van der Waals surface area (Å²) in [4.78, 5) is 13.0. The van der Waals surface area contributed by atoms with Crippen molar-refractivity contribution in [3.63, 3.8) is 0 Å². The van der Waals surface area contributed by atoms with Gasteiger partial charge in [0, 0.05) is 24.5 Å². The number of halogens is 1. The molecule has 2 rings (SSSR count). The van der Waals surface area contributed by atoms with Gasteiger partial charge in [0.05, 0.1) is 10.7 Å². The highest BCUT2D eigenvalue weighted by atomic mass is 35.5. The first-order chi connectivity index (χ1) is 8.63. The van der Waals surface area contributed by atoms with Gasteiger partial charge in [-0.05, 0) is 18.1 Å². The minimum Gasteiger partial charge on any atom is -0.326 e. The molecule has 18 heavy (non-hydrogen) atoms. The summed E-state index contributed by atoms with van der Waals surface area (Å²) < 4.78 is 0. The van der Waals surface area contributed by atoms with Crippen molar-refractivity contribution in [3.8, 4) is 11.5 Å². The first kappa shape index (κ1) is 12.9. The second-order valence-corrected chi connectivity index (χ2v) is 4.70. The molecule has 2 heterocycles. The van der Waals surface area contributed by atoms with Crippen LogP contribution in [0.5, 0.6) is 0 Å². The Morgan fingerprint density at radius 1 is 1.33 bits per heavy atom. The summed E-state index contributed by atoms with van der Waals surface area (Å²) in [5, 5.41) is 0.549. The van der Waals surface area contributed by atoms with Gasteiger partial charge in [0.25, 0.3) is 0 Å². The van der Waals surface area contributed by atoms with Crippen LogP contribution in [-0.4, -0.2) is 15.0 Å². The highest BCUT2D eigenvalue weighted by Gasteiger charge is 2.13. The third-order valence-electron chi connectivity index (χ3n) is 2.64. The lowest BCUT2D eigenvalue weighted by Crippen LogP contribution is -2.08. The van der Waals surface area contributed by atoms with Gasteiger partial charge in [-0.25, -0.2) is 9.97 Å². The summed E-state index contributed by atoms with van der Waals surface area (Å²) in [6.07, 6.45) is 3.43. The van der Waals surface area contributed by atoms with Crippen molar-refractivity contribution in [2.24, 2.45) is 5.73 Å². The van der Waals surface area contributed by atoms with Crippen LogP contribution in [0.1, 0.15) is 31.0 Å². The van der Waals surface area contributed by atoms with Crippen LogP contribution in [0.3, 0.4) is 0 Å². The summed E-state index contributed by atoms with van der Waals surface area (Å²) in [5.41, 5.74) is 8.19. The van der Waals surface area contributed by atoms with Gasteiger partial charge in [0.2, 0.25) is 0 Å². The van der Waals surface area contributed by atoms with Crippen LogP contribution in [0, 0.1) is 0 Å². The first-order valence-electron chi connectivity index (χ1n) is 5.80. The molecule has 0 aliphatic carbocycles. The van der Waals surface area contributed by atoms with E-state index in [4.69, 9.17) is 17.3 Å². The topological polar surface area (TPSA) is 64.7 Å². The predicted molar refractivity (Wildman–Crippen MR) is 72.3 cm³/mol. The number of hydrogen-bond donors (Lipinski definition) is 1. The maximum absolute atomic E-state index is 6.10. The zero-order valence-corrected chi connectivity index (χ0v) is 11.1. The summed E-state index contributed by atoms with van der Waals surface area (Å²) in [6, 6.07) is 3.56. The average Bonchev–Trinajstić information content (AvgIpc) is 2.38. The number of nitrogens with zero attached hydrogens (tertiary/aromatic N) is 3. The van der Waals surface area contributed by atoms with E-state index in [1.165, 1.54) is 0 Å². The molecule has 0 unspecified atom stereocenters. The third-order valence-corrected chi connectivity index (χ3v) is 2.94. The molecular weight excluding hydrogens is 248 g/mol. The molecule has 2 N–H and O–H groups in total. The monoisotopic (exact) mass is 262 g/mol. The van der Waals surface area contributed by atoms with Crippen LogP contribution < -0.4 is 5.73 Å². The fourth-order valence-corrected chi connectivity index (χ4v) is 1.95. The molecule has 0 spiro atoms. The van der Waals surface area contributed by atoms with Gasteiger partial charge in [-0.1, -0.05) is 25.4 Å². The smallest absolute Gasteiger partial charge is 0.179 e. The van der Waals surface area contributed by atoms with Gasteiger partial charge in [0.15, 0.2) is 5.82 Å². The summed E-state index contributed by atoms with van der Waals surface area (Å²) >= 11 is 6.10. The zero-order valence-electron chi connectivity index (χ0n) is 10.4. The van der Waals surface area contributed by atoms with E-state index in [9.17, 15) is 0 Å². The molecule has 0 amide bonds. The van der Waals surface area contributed by atoms with Crippen molar-refractivity contribution in [1.29, 1.82) is 0 Å². The van der Waals surface area contributed by atoms with Crippen molar-refractivity contribution in [2.75, 3.05) is 0 Å². The Morgan fingerprint density at radius 2 is 2.11 bits per heavy atom. The standard InChI is InChI=1S/C13H15ClN4/c1-8(2)11-9(6-15)7-17-13(18-11)12-10(14)4-3-5-16-12/h3-5,7-8H,6,15H2,1-2H3. The van der Waals surface area contributed by atoms with Crippen LogP contribution in [0.25, 0.3) is 11.5 Å². The molecular formula is C13H15ClN4. The van der Waals surface area contributed by atoms with Crippen LogP contribution in [0.4, 0.5) is 0 Å². The second kappa shape index (κ2) is 5.42. The van der Waals surface area contributed by atoms with Gasteiger partial charge in [-0.15, -0.1) is 0 Å². The van der Waals surface area contributed by atoms with Gasteiger partial charge >= 0.3 is 0 Å². The molecule has 0 aliphatic heterocycles. The van der Waals surface area contributed by atoms with Crippen molar-refractivity contribution < 1.29 is 0 Å². The molecule has 0 saturated carbocycles. The zero-order chi connectivity index (χ0) is 13.1. The summed E-state index contributed by atoms with van der Waals surface area (Å²) in [5.74, 6) is 0.828. The summed E-state index contributed by atoms with van der Waals surface area (Å²) in [7, 11) is 0. The Morgan fingerprint density at radius 3 is 2.72 bits per heavy atom. The minimum absolute atomic E-state index is 0.285. The lowest BCUT2D eigenvalue weighted by molar-refractivity contribution is 0.786. The SMILES string of the molecule is CC(C)c1nc(-c2ncccc2Cl)ncc1CN. The Hall–Kier alpha value is -1.52. The first-order valence-corrected chi connectivity index (χ1v) is 6.18. The molecule has 4 nitrogen and oxygen atoms in total. The lowest BCUT2D eigenvalue weighted by Gasteiger charge is -2.11. The number of nitrogens with two attached hydrogens (primary N) is 1. The molecule has 2 aromatic heterocycles. The van der Waals surface area contributed by atoms with Gasteiger partial charge < -0.3 is 5.73 Å². The fraction of sp³-hybridized carbons (Fsp3) is 0.308. The van der Waals surface area contributed by atoms with Crippen LogP contribution >= 0.6 is 11.6 Å². The molecule has 2 aromatic rings. The van der Waals surface area contributed by atoms with Crippen molar-refractivity contribution >= 4 is 11.6 Å². The van der Waals surface area contributed by atoms with Gasteiger partial charge in [-0.2, -0.15) is 0 Å². The normalized spacial score (nSPS) is 10.9. The molecule has 0 bridgehead atoms. The van der Waals surface area contributed by atoms with E-state index in [1.807, 2.05) is 0 Å². The van der Waals surface area contributed by atoms with E-state index in [-0.39, 0.29) is 5.92 Å². The molecule has 0 atom stereocenters. The molecule has 0 aromatic carbocycles. The molecule has 0 fully saturated rings. The number of aromatic nitrogens is 3. The Kier molecular flexibility index (Phi) is 3.89. The summed E-state index contributed by atoms with van der Waals surface area (Å²) in [6.45, 7) is 4.58. The van der Waals surface area contributed by atoms with E-state index < -0.39 is 0 Å². The molecule has 0 radical (unpaired) electrons. The predicted octanol–water partition coefficient (Wildman–Crippen LogP) is 2.77. The molecule has 5 heteroatoms. The van der Waals surface area contributed by atoms with Crippen LogP contribution in [0.15, 0.2) is 24.5 Å². The number of pyridine rings is 1. The largest absolute Gasteiger partial charge is 0.326 e. The van der Waals surface area contributed by atoms with Gasteiger partial charge in [-0.3, -0.25) is 4.98 Å². The van der Waals surface area contributed by atoms with E-state index in [2.05, 4.69) is 28.8 Å². The highest BCUT2D eigenvalue weighted by molar-refractivity contribution is 6.32. The maximum atomic E-state index is 6.10. The lowest BCUT2D eigenvalue weighted by atomic mass is 10.1. The second-order valence-electron chi connectivity index (χ2n) is 4.30. The van der Waals surface area contributed by atoms with E-state index in [0.29, 0.717) is 23.1 Å². The van der Waals surface area contributed by atoms with Crippen LogP contribution in [0.2, 0.25) is 5.02 Å². The van der Waals surface area contributed by atoms with E-state index in [1.54, 1.807) is 24.5 Å². The minimum atomic E-state index is 0.285. The fourth-order valence-electron chi connectivity index (χ4n) is 1.74. The molecule has 0 aliphatic rings. The van der Waals surface area contributed by atoms with E-state index in [0.717, 1.165) is 11.3 Å². The van der Waals surface area contributed by atoms with Crippen molar-refractivity contribution in [1.82, 2.24) is 15.0 Å². The third kappa shape index (κ3) is 2.49. The van der Waals surface area contributed by atoms with Gasteiger partial charge in [0.1, 0.15) is 5.69 Å². The molecule has 94 valence electrons. The van der Waals surface area contributed by atoms with Crippen LogP contribution in [-0.2, 0) is 6.54 Å². The average molecular weight is 263 g/mol. The Balaban J connectivity index is 2.54. The molecule has 0 saturated heterocycles. The van der Waals surface area contributed by atoms with E-state index >= 15 is 0 Å². The number of rotatable bonds is 3. The highest BCUT2D eigenvalue weighted by Crippen LogP contribution is 2.24. The number of hydrogen-bond acceptors (Lipinski definition) is 4.